The summed E-state index contributed by atoms with van der Waals surface area (Å²) in [6.45, 7) is 0.113. The molecule has 1 atom stereocenters. The average molecular weight is 344 g/mol. The van der Waals surface area contributed by atoms with Crippen molar-refractivity contribution >= 4 is 12.2 Å². The van der Waals surface area contributed by atoms with Crippen LogP contribution in [0.1, 0.15) is 22.0 Å². The third kappa shape index (κ3) is 5.39. The van der Waals surface area contributed by atoms with Gasteiger partial charge in [-0.05, 0) is 43.9 Å². The molecule has 0 saturated carbocycles. The maximum absolute atomic E-state index is 13.4. The second kappa shape index (κ2) is 8.94. The summed E-state index contributed by atoms with van der Waals surface area (Å²) in [5.41, 5.74) is 1.17. The van der Waals surface area contributed by atoms with E-state index in [1.54, 1.807) is 30.3 Å². The first kappa shape index (κ1) is 18.6. The molecule has 0 heterocycles. The molecule has 0 fully saturated rings. The molecule has 0 aromatic heterocycles. The lowest BCUT2D eigenvalue weighted by atomic mass is 10.1. The lowest BCUT2D eigenvalue weighted by Gasteiger charge is -2.25. The van der Waals surface area contributed by atoms with Crippen LogP contribution < -0.4 is 10.1 Å². The van der Waals surface area contributed by atoms with Crippen molar-refractivity contribution < 1.29 is 18.7 Å². The zero-order chi connectivity index (χ0) is 18.2. The second-order valence-corrected chi connectivity index (χ2v) is 5.78. The third-order valence-corrected chi connectivity index (χ3v) is 3.75. The quantitative estimate of drug-likeness (QED) is 0.747. The van der Waals surface area contributed by atoms with Gasteiger partial charge in [-0.3, -0.25) is 9.59 Å². The number of aldehydes is 1. The van der Waals surface area contributed by atoms with Gasteiger partial charge >= 0.3 is 0 Å². The Morgan fingerprint density at radius 1 is 1.24 bits per heavy atom. The minimum atomic E-state index is -0.316. The largest absolute Gasteiger partial charge is 0.483 e. The van der Waals surface area contributed by atoms with Gasteiger partial charge in [-0.15, -0.1) is 0 Å². The molecule has 2 aromatic rings. The van der Waals surface area contributed by atoms with Crippen molar-refractivity contribution in [2.75, 3.05) is 27.2 Å². The highest BCUT2D eigenvalue weighted by molar-refractivity contribution is 5.80. The Labute approximate surface area is 146 Å². The molecule has 5 nitrogen and oxygen atoms in total. The van der Waals surface area contributed by atoms with Gasteiger partial charge in [0, 0.05) is 6.54 Å². The van der Waals surface area contributed by atoms with Crippen LogP contribution in [0.25, 0.3) is 0 Å². The number of amides is 1. The molecule has 0 radical (unpaired) electrons. The first-order valence-electron chi connectivity index (χ1n) is 7.87. The number of nitrogens with one attached hydrogen (secondary N) is 1. The molecule has 2 rings (SSSR count). The van der Waals surface area contributed by atoms with Crippen molar-refractivity contribution in [2.24, 2.45) is 0 Å². The van der Waals surface area contributed by atoms with E-state index in [0.29, 0.717) is 24.1 Å². The summed E-state index contributed by atoms with van der Waals surface area (Å²) in [6.07, 6.45) is 0.680. The SMILES string of the molecule is CN(C)C(CNC(=O)COc1ccccc1C=O)c1cccc(F)c1. The zero-order valence-electron chi connectivity index (χ0n) is 14.2. The van der Waals surface area contributed by atoms with E-state index in [1.165, 1.54) is 12.1 Å². The van der Waals surface area contributed by atoms with E-state index in [0.717, 1.165) is 5.56 Å². The van der Waals surface area contributed by atoms with E-state index in [4.69, 9.17) is 4.74 Å². The van der Waals surface area contributed by atoms with E-state index in [1.807, 2.05) is 25.1 Å². The molecule has 1 N–H and O–H groups in total. The smallest absolute Gasteiger partial charge is 0.258 e. The summed E-state index contributed by atoms with van der Waals surface area (Å²) >= 11 is 0. The number of carbonyl (C=O) groups excluding carboxylic acids is 2. The first-order chi connectivity index (χ1) is 12.0. The molecule has 6 heteroatoms. The number of hydrogen-bond acceptors (Lipinski definition) is 4. The summed E-state index contributed by atoms with van der Waals surface area (Å²) in [7, 11) is 3.72. The number of likely N-dealkylation sites (N-methyl/N-ethyl adjacent to an activating group) is 1. The minimum Gasteiger partial charge on any atom is -0.483 e. The number of halogens is 1. The number of hydrogen-bond donors (Lipinski definition) is 1. The van der Waals surface area contributed by atoms with Crippen molar-refractivity contribution in [2.45, 2.75) is 6.04 Å². The summed E-state index contributed by atoms with van der Waals surface area (Å²) < 4.78 is 18.8. The summed E-state index contributed by atoms with van der Waals surface area (Å²) in [4.78, 5) is 24.9. The molecule has 132 valence electrons. The van der Waals surface area contributed by atoms with E-state index in [2.05, 4.69) is 5.32 Å². The van der Waals surface area contributed by atoms with Crippen molar-refractivity contribution in [3.63, 3.8) is 0 Å². The van der Waals surface area contributed by atoms with Gasteiger partial charge in [0.25, 0.3) is 5.91 Å². The fourth-order valence-corrected chi connectivity index (χ4v) is 2.43. The Hall–Kier alpha value is -2.73. The van der Waals surface area contributed by atoms with Crippen LogP contribution in [0.3, 0.4) is 0 Å². The van der Waals surface area contributed by atoms with Crippen LogP contribution >= 0.6 is 0 Å². The lowest BCUT2D eigenvalue weighted by molar-refractivity contribution is -0.123. The minimum absolute atomic E-state index is 0.165. The molecule has 0 bridgehead atoms. The fraction of sp³-hybridized carbons (Fsp3) is 0.263. The normalized spacial score (nSPS) is 11.8. The van der Waals surface area contributed by atoms with Crippen molar-refractivity contribution in [1.82, 2.24) is 10.2 Å². The molecule has 0 aliphatic heterocycles. The van der Waals surface area contributed by atoms with E-state index in [9.17, 15) is 14.0 Å². The predicted molar refractivity (Wildman–Crippen MR) is 93.2 cm³/mol. The number of carbonyl (C=O) groups is 2. The van der Waals surface area contributed by atoms with Gasteiger partial charge in [0.2, 0.25) is 0 Å². The zero-order valence-corrected chi connectivity index (χ0v) is 14.2. The summed E-state index contributed by atoms with van der Waals surface area (Å²) in [5, 5.41) is 2.77. The first-order valence-corrected chi connectivity index (χ1v) is 7.87. The Morgan fingerprint density at radius 3 is 2.68 bits per heavy atom. The predicted octanol–water partition coefficient (Wildman–Crippen LogP) is 2.44. The van der Waals surface area contributed by atoms with E-state index < -0.39 is 0 Å². The molecule has 0 spiro atoms. The average Bonchev–Trinajstić information content (AvgIpc) is 2.60. The number of ether oxygens (including phenoxy) is 1. The molecule has 25 heavy (non-hydrogen) atoms. The van der Waals surface area contributed by atoms with Crippen LogP contribution in [-0.4, -0.2) is 44.3 Å². The van der Waals surface area contributed by atoms with Crippen LogP contribution in [-0.2, 0) is 4.79 Å². The van der Waals surface area contributed by atoms with E-state index >= 15 is 0 Å². The molecule has 0 aliphatic rings. The van der Waals surface area contributed by atoms with Gasteiger partial charge in [0.05, 0.1) is 11.6 Å². The molecule has 1 amide bonds. The Kier molecular flexibility index (Phi) is 6.65. The van der Waals surface area contributed by atoms with Crippen molar-refractivity contribution in [3.05, 3.63) is 65.5 Å². The molecular weight excluding hydrogens is 323 g/mol. The standard InChI is InChI=1S/C19H21FN2O3/c1-22(2)17(14-7-5-8-16(20)10-14)11-21-19(24)13-25-18-9-4-3-6-15(18)12-23/h3-10,12,17H,11,13H2,1-2H3,(H,21,24). The number of benzene rings is 2. The highest BCUT2D eigenvalue weighted by Crippen LogP contribution is 2.18. The number of rotatable bonds is 8. The van der Waals surface area contributed by atoms with Crippen LogP contribution in [0.15, 0.2) is 48.5 Å². The highest BCUT2D eigenvalue weighted by atomic mass is 19.1. The molecule has 2 aromatic carbocycles. The van der Waals surface area contributed by atoms with Crippen LogP contribution in [0.5, 0.6) is 5.75 Å². The second-order valence-electron chi connectivity index (χ2n) is 5.78. The van der Waals surface area contributed by atoms with Gasteiger partial charge in [-0.25, -0.2) is 4.39 Å². The van der Waals surface area contributed by atoms with Crippen LogP contribution in [0.2, 0.25) is 0 Å². The van der Waals surface area contributed by atoms with Gasteiger partial charge in [-0.1, -0.05) is 24.3 Å². The van der Waals surface area contributed by atoms with Gasteiger partial charge < -0.3 is 15.0 Å². The third-order valence-electron chi connectivity index (χ3n) is 3.75. The van der Waals surface area contributed by atoms with Crippen LogP contribution in [0, 0.1) is 5.82 Å². The maximum Gasteiger partial charge on any atom is 0.258 e. The summed E-state index contributed by atoms with van der Waals surface area (Å²) in [5.74, 6) is -0.268. The Balaban J connectivity index is 1.92. The van der Waals surface area contributed by atoms with Crippen LogP contribution in [0.4, 0.5) is 4.39 Å². The molecular formula is C19H21FN2O3. The summed E-state index contributed by atoms with van der Waals surface area (Å²) in [6, 6.07) is 12.8. The van der Waals surface area contributed by atoms with Crippen molar-refractivity contribution in [1.29, 1.82) is 0 Å². The van der Waals surface area contributed by atoms with Gasteiger partial charge in [0.1, 0.15) is 11.6 Å². The highest BCUT2D eigenvalue weighted by Gasteiger charge is 2.16. The van der Waals surface area contributed by atoms with Gasteiger partial charge in [-0.2, -0.15) is 0 Å². The molecule has 1 unspecified atom stereocenters. The Morgan fingerprint density at radius 2 is 2.00 bits per heavy atom. The molecule has 0 aliphatic carbocycles. The number of para-hydroxylation sites is 1. The fourth-order valence-electron chi connectivity index (χ4n) is 2.43. The monoisotopic (exact) mass is 344 g/mol. The van der Waals surface area contributed by atoms with Gasteiger partial charge in [0.15, 0.2) is 12.9 Å². The maximum atomic E-state index is 13.4. The lowest BCUT2D eigenvalue weighted by Crippen LogP contribution is -2.37. The topological polar surface area (TPSA) is 58.6 Å². The molecule has 0 saturated heterocycles. The van der Waals surface area contributed by atoms with Crippen molar-refractivity contribution in [3.8, 4) is 5.75 Å². The Bertz CT molecular complexity index is 734. The number of nitrogens with zero attached hydrogens (tertiary/aromatic N) is 1. The van der Waals surface area contributed by atoms with E-state index in [-0.39, 0.29) is 24.4 Å².